The number of carboxylic acids is 1. The number of aliphatic carboxylic acids is 1. The standard InChI is InChI=1S/C16H21N3O2/c1-3-19-15-7-5-4-6-12(15)14(17-19)10-18-8-11(2)13(9-18)16(20)21/h4-7,11,13H,3,8-10H2,1-2H3,(H,20,21)/t11-,13-/m1/s1. The lowest BCUT2D eigenvalue weighted by Crippen LogP contribution is -2.23. The van der Waals surface area contributed by atoms with Gasteiger partial charge in [0, 0.05) is 31.6 Å². The predicted octanol–water partition coefficient (Wildman–Crippen LogP) is 2.21. The summed E-state index contributed by atoms with van der Waals surface area (Å²) in [5, 5.41) is 15.1. The lowest BCUT2D eigenvalue weighted by Gasteiger charge is -2.13. The zero-order valence-electron chi connectivity index (χ0n) is 12.5. The van der Waals surface area contributed by atoms with Gasteiger partial charge in [0.2, 0.25) is 0 Å². The first-order valence-corrected chi connectivity index (χ1v) is 7.49. The number of aromatic nitrogens is 2. The van der Waals surface area contributed by atoms with Crippen molar-refractivity contribution in [1.29, 1.82) is 0 Å². The van der Waals surface area contributed by atoms with Crippen LogP contribution in [-0.2, 0) is 17.9 Å². The van der Waals surface area contributed by atoms with Crippen molar-refractivity contribution in [3.05, 3.63) is 30.0 Å². The Morgan fingerprint density at radius 3 is 2.81 bits per heavy atom. The third-order valence-corrected chi connectivity index (χ3v) is 4.41. The zero-order valence-corrected chi connectivity index (χ0v) is 12.5. The first-order chi connectivity index (χ1) is 10.1. The van der Waals surface area contributed by atoms with E-state index >= 15 is 0 Å². The predicted molar refractivity (Wildman–Crippen MR) is 81.0 cm³/mol. The van der Waals surface area contributed by atoms with Crippen LogP contribution in [0.2, 0.25) is 0 Å². The second kappa shape index (κ2) is 5.48. The number of benzene rings is 1. The van der Waals surface area contributed by atoms with Crippen molar-refractivity contribution in [3.63, 3.8) is 0 Å². The highest BCUT2D eigenvalue weighted by molar-refractivity contribution is 5.81. The summed E-state index contributed by atoms with van der Waals surface area (Å²) in [5.74, 6) is -0.750. The van der Waals surface area contributed by atoms with Crippen LogP contribution in [0.3, 0.4) is 0 Å². The van der Waals surface area contributed by atoms with E-state index in [1.54, 1.807) is 0 Å². The van der Waals surface area contributed by atoms with Crippen molar-refractivity contribution >= 4 is 16.9 Å². The van der Waals surface area contributed by atoms with Crippen LogP contribution < -0.4 is 0 Å². The number of para-hydroxylation sites is 1. The summed E-state index contributed by atoms with van der Waals surface area (Å²) in [6.45, 7) is 7.10. The average molecular weight is 287 g/mol. The second-order valence-corrected chi connectivity index (χ2v) is 5.90. The maximum Gasteiger partial charge on any atom is 0.308 e. The van der Waals surface area contributed by atoms with Crippen LogP contribution in [0.1, 0.15) is 19.5 Å². The van der Waals surface area contributed by atoms with Crippen molar-refractivity contribution in [2.45, 2.75) is 26.9 Å². The number of nitrogens with zero attached hydrogens (tertiary/aromatic N) is 3. The van der Waals surface area contributed by atoms with E-state index in [0.717, 1.165) is 30.8 Å². The molecule has 1 aromatic carbocycles. The van der Waals surface area contributed by atoms with Gasteiger partial charge < -0.3 is 5.11 Å². The average Bonchev–Trinajstić information content (AvgIpc) is 3.01. The molecule has 2 heterocycles. The fourth-order valence-electron chi connectivity index (χ4n) is 3.28. The fourth-order valence-corrected chi connectivity index (χ4v) is 3.28. The zero-order chi connectivity index (χ0) is 15.0. The molecule has 0 radical (unpaired) electrons. The minimum atomic E-state index is -0.686. The number of carbonyl (C=O) groups is 1. The summed E-state index contributed by atoms with van der Waals surface area (Å²) in [4.78, 5) is 13.4. The summed E-state index contributed by atoms with van der Waals surface area (Å²) in [7, 11) is 0. The summed E-state index contributed by atoms with van der Waals surface area (Å²) in [5.41, 5.74) is 2.20. The maximum atomic E-state index is 11.2. The van der Waals surface area contributed by atoms with E-state index in [1.165, 1.54) is 5.39 Å². The van der Waals surface area contributed by atoms with Gasteiger partial charge in [-0.1, -0.05) is 25.1 Å². The molecule has 1 aromatic heterocycles. The number of rotatable bonds is 4. The molecule has 0 aliphatic carbocycles. The molecule has 2 atom stereocenters. The molecule has 0 saturated carbocycles. The van der Waals surface area contributed by atoms with Crippen molar-refractivity contribution in [2.24, 2.45) is 11.8 Å². The quantitative estimate of drug-likeness (QED) is 0.936. The Balaban J connectivity index is 1.84. The largest absolute Gasteiger partial charge is 0.481 e. The van der Waals surface area contributed by atoms with Crippen LogP contribution >= 0.6 is 0 Å². The van der Waals surface area contributed by atoms with E-state index in [-0.39, 0.29) is 11.8 Å². The van der Waals surface area contributed by atoms with Crippen molar-refractivity contribution in [1.82, 2.24) is 14.7 Å². The minimum Gasteiger partial charge on any atom is -0.481 e. The molecular formula is C16H21N3O2. The lowest BCUT2D eigenvalue weighted by atomic mass is 9.99. The molecule has 1 aliphatic rings. The van der Waals surface area contributed by atoms with Crippen molar-refractivity contribution < 1.29 is 9.90 Å². The Kier molecular flexibility index (Phi) is 3.68. The lowest BCUT2D eigenvalue weighted by molar-refractivity contribution is -0.142. The third kappa shape index (κ3) is 2.53. The highest BCUT2D eigenvalue weighted by Crippen LogP contribution is 2.26. The normalized spacial score (nSPS) is 23.0. The van der Waals surface area contributed by atoms with Crippen LogP contribution in [0, 0.1) is 11.8 Å². The van der Waals surface area contributed by atoms with Crippen LogP contribution in [-0.4, -0.2) is 38.8 Å². The van der Waals surface area contributed by atoms with E-state index in [9.17, 15) is 9.90 Å². The molecule has 1 aliphatic heterocycles. The Bertz CT molecular complexity index is 665. The number of fused-ring (bicyclic) bond motifs is 1. The topological polar surface area (TPSA) is 58.4 Å². The highest BCUT2D eigenvalue weighted by atomic mass is 16.4. The molecule has 1 N–H and O–H groups in total. The van der Waals surface area contributed by atoms with Gasteiger partial charge in [0.15, 0.2) is 0 Å². The van der Waals surface area contributed by atoms with Crippen molar-refractivity contribution in [3.8, 4) is 0 Å². The molecule has 0 unspecified atom stereocenters. The van der Waals surface area contributed by atoms with Crippen molar-refractivity contribution in [2.75, 3.05) is 13.1 Å². The van der Waals surface area contributed by atoms with Crippen LogP contribution in [0.4, 0.5) is 0 Å². The second-order valence-electron chi connectivity index (χ2n) is 5.90. The third-order valence-electron chi connectivity index (χ3n) is 4.41. The monoisotopic (exact) mass is 287 g/mol. The number of hydrogen-bond donors (Lipinski definition) is 1. The van der Waals surface area contributed by atoms with Crippen LogP contribution in [0.25, 0.3) is 10.9 Å². The van der Waals surface area contributed by atoms with E-state index in [0.29, 0.717) is 6.54 Å². The molecule has 1 saturated heterocycles. The first kappa shape index (κ1) is 14.1. The first-order valence-electron chi connectivity index (χ1n) is 7.49. The molecule has 0 bridgehead atoms. The Morgan fingerprint density at radius 1 is 1.38 bits per heavy atom. The van der Waals surface area contributed by atoms with Gasteiger partial charge in [-0.3, -0.25) is 14.4 Å². The van der Waals surface area contributed by atoms with Gasteiger partial charge in [0.05, 0.1) is 17.1 Å². The van der Waals surface area contributed by atoms with Gasteiger partial charge in [0.1, 0.15) is 0 Å². The van der Waals surface area contributed by atoms with E-state index in [1.807, 2.05) is 23.7 Å². The molecule has 2 aromatic rings. The van der Waals surface area contributed by atoms with Gasteiger partial charge in [-0.15, -0.1) is 0 Å². The molecule has 1 fully saturated rings. The van der Waals surface area contributed by atoms with Gasteiger partial charge >= 0.3 is 5.97 Å². The summed E-state index contributed by atoms with van der Waals surface area (Å²) >= 11 is 0. The summed E-state index contributed by atoms with van der Waals surface area (Å²) in [6, 6.07) is 8.23. The maximum absolute atomic E-state index is 11.2. The molecule has 0 amide bonds. The van der Waals surface area contributed by atoms with Crippen LogP contribution in [0.15, 0.2) is 24.3 Å². The number of aryl methyl sites for hydroxylation is 1. The molecular weight excluding hydrogens is 266 g/mol. The SMILES string of the molecule is CCn1nc(CN2C[C@@H](C)[C@H](C(=O)O)C2)c2ccccc21. The fraction of sp³-hybridized carbons (Fsp3) is 0.500. The number of carboxylic acid groups (broad SMARTS) is 1. The van der Waals surface area contributed by atoms with Gasteiger partial charge in [-0.25, -0.2) is 0 Å². The summed E-state index contributed by atoms with van der Waals surface area (Å²) in [6.07, 6.45) is 0. The Hall–Kier alpha value is -1.88. The smallest absolute Gasteiger partial charge is 0.308 e. The minimum absolute atomic E-state index is 0.196. The van der Waals surface area contributed by atoms with E-state index in [4.69, 9.17) is 5.10 Å². The molecule has 0 spiro atoms. The van der Waals surface area contributed by atoms with Gasteiger partial charge in [-0.2, -0.15) is 5.10 Å². The van der Waals surface area contributed by atoms with Crippen LogP contribution in [0.5, 0.6) is 0 Å². The molecule has 5 heteroatoms. The molecule has 5 nitrogen and oxygen atoms in total. The summed E-state index contributed by atoms with van der Waals surface area (Å²) < 4.78 is 2.01. The highest BCUT2D eigenvalue weighted by Gasteiger charge is 2.35. The molecule has 21 heavy (non-hydrogen) atoms. The van der Waals surface area contributed by atoms with E-state index < -0.39 is 5.97 Å². The Labute approximate surface area is 124 Å². The van der Waals surface area contributed by atoms with E-state index in [2.05, 4.69) is 24.0 Å². The van der Waals surface area contributed by atoms with Gasteiger partial charge in [0.25, 0.3) is 0 Å². The Morgan fingerprint density at radius 2 is 2.14 bits per heavy atom. The van der Waals surface area contributed by atoms with Gasteiger partial charge in [-0.05, 0) is 18.9 Å². The number of likely N-dealkylation sites (tertiary alicyclic amines) is 1. The molecule has 112 valence electrons. The molecule has 3 rings (SSSR count). The number of hydrogen-bond acceptors (Lipinski definition) is 3.